The summed E-state index contributed by atoms with van der Waals surface area (Å²) in [4.78, 5) is 13.4. The molecule has 7 N–H and O–H groups in total. The highest BCUT2D eigenvalue weighted by Crippen LogP contribution is 2.40. The van der Waals surface area contributed by atoms with Gasteiger partial charge in [0, 0.05) is 17.7 Å². The number of aliphatic hydroxyl groups is 3. The lowest BCUT2D eigenvalue weighted by molar-refractivity contribution is -0.268. The van der Waals surface area contributed by atoms with Crippen LogP contribution in [0.25, 0.3) is 22.3 Å². The van der Waals surface area contributed by atoms with Crippen LogP contribution in [-0.2, 0) is 15.1 Å². The molecule has 4 rings (SSSR count). The summed E-state index contributed by atoms with van der Waals surface area (Å²) in [6, 6.07) is 4.80. The maximum Gasteiger partial charge on any atom is 0.446 e. The van der Waals surface area contributed by atoms with Crippen molar-refractivity contribution < 1.29 is 61.7 Å². The van der Waals surface area contributed by atoms with Crippen molar-refractivity contribution in [3.05, 3.63) is 40.6 Å². The van der Waals surface area contributed by atoms with Crippen LogP contribution in [0, 0.1) is 0 Å². The van der Waals surface area contributed by atoms with Crippen molar-refractivity contribution in [2.45, 2.75) is 37.6 Å². The molecule has 5 atom stereocenters. The van der Waals surface area contributed by atoms with E-state index < -0.39 is 86.4 Å². The number of aromatic hydroxyl groups is 3. The van der Waals surface area contributed by atoms with Crippen LogP contribution in [-0.4, -0.2) is 74.3 Å². The molecule has 0 spiro atoms. The standard InChI is InChI=1S/C21H20O14S/c1-7-15(25)17(27)18(28)21(32-7)34-20-16(26)14-11(24)5-9(22)6-13(14)33-19(20)8-2-3-10(23)12(4-8)35-36(29,30)31/h2-7,15,17-18,21-25,27-28H,1H3,(H,29,30,31)/t7-,15-,17+,18-,21?/m1/s1. The highest BCUT2D eigenvalue weighted by atomic mass is 32.3. The SMILES string of the molecule is C[C@H]1OC(Oc2c(-c3ccc(O)c(OS(=O)(=O)O)c3)oc3cc(O)cc(O)c3c2=O)[C@H](O)[C@@H](O)[C@@H]1O. The van der Waals surface area contributed by atoms with Crippen molar-refractivity contribution in [2.75, 3.05) is 0 Å². The predicted octanol–water partition coefficient (Wildman–Crippen LogP) is -0.0353. The summed E-state index contributed by atoms with van der Waals surface area (Å²) in [5.41, 5.74) is -1.53. The third-order valence-corrected chi connectivity index (χ3v) is 5.77. The average Bonchev–Trinajstić information content (AvgIpc) is 2.77. The molecule has 0 bridgehead atoms. The highest BCUT2D eigenvalue weighted by molar-refractivity contribution is 7.81. The minimum absolute atomic E-state index is 0.165. The zero-order valence-electron chi connectivity index (χ0n) is 18.2. The van der Waals surface area contributed by atoms with Crippen LogP contribution >= 0.6 is 0 Å². The van der Waals surface area contributed by atoms with E-state index in [1.54, 1.807) is 0 Å². The zero-order valence-corrected chi connectivity index (χ0v) is 19.0. The second kappa shape index (κ2) is 9.12. The summed E-state index contributed by atoms with van der Waals surface area (Å²) in [6.07, 6.45) is -7.80. The second-order valence-corrected chi connectivity index (χ2v) is 8.94. The molecule has 1 aliphatic rings. The van der Waals surface area contributed by atoms with Crippen LogP contribution in [0.4, 0.5) is 0 Å². The first-order valence-electron chi connectivity index (χ1n) is 10.2. The lowest BCUT2D eigenvalue weighted by atomic mass is 10.00. The van der Waals surface area contributed by atoms with E-state index in [4.69, 9.17) is 18.4 Å². The second-order valence-electron chi connectivity index (χ2n) is 7.92. The lowest BCUT2D eigenvalue weighted by Crippen LogP contribution is -2.58. The fourth-order valence-corrected chi connectivity index (χ4v) is 3.99. The Labute approximate surface area is 201 Å². The molecule has 14 nitrogen and oxygen atoms in total. The number of ether oxygens (including phenoxy) is 2. The molecule has 2 aromatic carbocycles. The van der Waals surface area contributed by atoms with Gasteiger partial charge in [-0.15, -0.1) is 0 Å². The van der Waals surface area contributed by atoms with Crippen molar-refractivity contribution in [2.24, 2.45) is 0 Å². The van der Waals surface area contributed by atoms with E-state index in [1.165, 1.54) is 6.92 Å². The number of phenols is 3. The molecule has 3 aromatic rings. The third-order valence-electron chi connectivity index (χ3n) is 5.38. The number of aliphatic hydroxyl groups excluding tert-OH is 3. The van der Waals surface area contributed by atoms with Crippen LogP contribution in [0.3, 0.4) is 0 Å². The van der Waals surface area contributed by atoms with Gasteiger partial charge in [0.2, 0.25) is 17.5 Å². The van der Waals surface area contributed by atoms with Crippen molar-refractivity contribution in [3.8, 4) is 40.1 Å². The summed E-state index contributed by atoms with van der Waals surface area (Å²) in [6.45, 7) is 1.37. The first-order valence-corrected chi connectivity index (χ1v) is 11.5. The smallest absolute Gasteiger partial charge is 0.446 e. The molecular formula is C21H20O14S. The van der Waals surface area contributed by atoms with Gasteiger partial charge in [-0.05, 0) is 25.1 Å². The molecular weight excluding hydrogens is 508 g/mol. The van der Waals surface area contributed by atoms with Crippen molar-refractivity contribution in [1.29, 1.82) is 0 Å². The molecule has 2 heterocycles. The number of hydrogen-bond donors (Lipinski definition) is 7. The Hall–Kier alpha value is -3.60. The van der Waals surface area contributed by atoms with Gasteiger partial charge in [-0.2, -0.15) is 8.42 Å². The summed E-state index contributed by atoms with van der Waals surface area (Å²) >= 11 is 0. The van der Waals surface area contributed by atoms with E-state index in [0.717, 1.165) is 30.3 Å². The summed E-state index contributed by atoms with van der Waals surface area (Å²) in [5, 5.41) is 59.8. The van der Waals surface area contributed by atoms with Gasteiger partial charge in [0.25, 0.3) is 0 Å². The lowest BCUT2D eigenvalue weighted by Gasteiger charge is -2.38. The minimum atomic E-state index is -5.06. The van der Waals surface area contributed by atoms with Gasteiger partial charge in [-0.3, -0.25) is 9.35 Å². The van der Waals surface area contributed by atoms with Crippen molar-refractivity contribution in [3.63, 3.8) is 0 Å². The Morgan fingerprint density at radius 1 is 0.944 bits per heavy atom. The molecule has 0 amide bonds. The molecule has 0 aliphatic carbocycles. The van der Waals surface area contributed by atoms with E-state index in [-0.39, 0.29) is 11.1 Å². The maximum absolute atomic E-state index is 13.4. The Morgan fingerprint density at radius 3 is 2.31 bits per heavy atom. The van der Waals surface area contributed by atoms with Gasteiger partial charge in [0.15, 0.2) is 17.3 Å². The molecule has 0 saturated carbocycles. The number of fused-ring (bicyclic) bond motifs is 1. The maximum atomic E-state index is 13.4. The fourth-order valence-electron chi connectivity index (χ4n) is 3.63. The molecule has 15 heteroatoms. The van der Waals surface area contributed by atoms with Crippen LogP contribution in [0.15, 0.2) is 39.5 Å². The first kappa shape index (κ1) is 25.5. The Bertz CT molecular complexity index is 1480. The fraction of sp³-hybridized carbons (Fsp3) is 0.286. The van der Waals surface area contributed by atoms with E-state index in [9.17, 15) is 43.9 Å². The monoisotopic (exact) mass is 528 g/mol. The minimum Gasteiger partial charge on any atom is -0.508 e. The number of phenolic OH excluding ortho intramolecular Hbond substituents is 3. The summed E-state index contributed by atoms with van der Waals surface area (Å²) in [7, 11) is -5.06. The Balaban J connectivity index is 1.93. The Morgan fingerprint density at radius 2 is 1.64 bits per heavy atom. The molecule has 1 unspecified atom stereocenters. The molecule has 194 valence electrons. The number of hydrogen-bond acceptors (Lipinski definition) is 13. The van der Waals surface area contributed by atoms with Gasteiger partial charge in [-0.1, -0.05) is 0 Å². The molecule has 1 fully saturated rings. The Kier molecular flexibility index (Phi) is 6.46. The third kappa shape index (κ3) is 4.75. The van der Waals surface area contributed by atoms with E-state index >= 15 is 0 Å². The summed E-state index contributed by atoms with van der Waals surface area (Å²) in [5.74, 6) is -3.81. The van der Waals surface area contributed by atoms with Crippen molar-refractivity contribution >= 4 is 21.4 Å². The van der Waals surface area contributed by atoms with E-state index in [0.29, 0.717) is 0 Å². The molecule has 1 aliphatic heterocycles. The molecule has 1 saturated heterocycles. The molecule has 36 heavy (non-hydrogen) atoms. The van der Waals surface area contributed by atoms with Gasteiger partial charge in [0.05, 0.1) is 6.10 Å². The first-order chi connectivity index (χ1) is 16.8. The van der Waals surface area contributed by atoms with E-state index in [1.807, 2.05) is 0 Å². The predicted molar refractivity (Wildman–Crippen MR) is 118 cm³/mol. The largest absolute Gasteiger partial charge is 0.508 e. The quantitative estimate of drug-likeness (QED) is 0.215. The number of rotatable bonds is 5. The van der Waals surface area contributed by atoms with Crippen LogP contribution in [0.5, 0.6) is 28.7 Å². The topological polar surface area (TPSA) is 234 Å². The molecule has 1 aromatic heterocycles. The highest BCUT2D eigenvalue weighted by Gasteiger charge is 2.44. The summed E-state index contributed by atoms with van der Waals surface area (Å²) < 4.78 is 52.1. The van der Waals surface area contributed by atoms with Gasteiger partial charge in [0.1, 0.15) is 40.8 Å². The van der Waals surface area contributed by atoms with Gasteiger partial charge >= 0.3 is 10.4 Å². The van der Waals surface area contributed by atoms with Crippen LogP contribution in [0.1, 0.15) is 6.92 Å². The van der Waals surface area contributed by atoms with Crippen LogP contribution < -0.4 is 14.3 Å². The normalized spacial score (nSPS) is 24.5. The van der Waals surface area contributed by atoms with Gasteiger partial charge < -0.3 is 48.7 Å². The van der Waals surface area contributed by atoms with Gasteiger partial charge in [-0.25, -0.2) is 0 Å². The number of benzene rings is 2. The van der Waals surface area contributed by atoms with Crippen LogP contribution in [0.2, 0.25) is 0 Å². The molecule has 0 radical (unpaired) electrons. The van der Waals surface area contributed by atoms with Crippen molar-refractivity contribution in [1.82, 2.24) is 0 Å². The van der Waals surface area contributed by atoms with E-state index in [2.05, 4.69) is 4.18 Å². The average molecular weight is 528 g/mol. The zero-order chi connectivity index (χ0) is 26.5.